The summed E-state index contributed by atoms with van der Waals surface area (Å²) in [6.07, 6.45) is 3.02. The molecule has 0 rings (SSSR count). The first-order chi connectivity index (χ1) is 11.2. The Labute approximate surface area is 138 Å². The van der Waals surface area contributed by atoms with E-state index in [9.17, 15) is 9.59 Å². The van der Waals surface area contributed by atoms with Gasteiger partial charge in [-0.1, -0.05) is 0 Å². The summed E-state index contributed by atoms with van der Waals surface area (Å²) in [6.45, 7) is 4.26. The number of hydrogen-bond donors (Lipinski definition) is 4. The van der Waals surface area contributed by atoms with Crippen LogP contribution in [0, 0.1) is 0 Å². The highest BCUT2D eigenvalue weighted by Gasteiger charge is 2.01. The molecular formula is C15H32N4O4. The van der Waals surface area contributed by atoms with Crippen LogP contribution < -0.4 is 22.1 Å². The van der Waals surface area contributed by atoms with E-state index in [0.29, 0.717) is 65.4 Å². The lowest BCUT2D eigenvalue weighted by molar-refractivity contribution is -0.122. The topological polar surface area (TPSA) is 129 Å². The molecule has 23 heavy (non-hydrogen) atoms. The van der Waals surface area contributed by atoms with E-state index in [1.807, 2.05) is 0 Å². The molecule has 0 fully saturated rings. The van der Waals surface area contributed by atoms with Gasteiger partial charge >= 0.3 is 0 Å². The number of nitrogens with two attached hydrogens (primary N) is 2. The first kappa shape index (κ1) is 21.8. The van der Waals surface area contributed by atoms with Gasteiger partial charge in [0.15, 0.2) is 0 Å². The summed E-state index contributed by atoms with van der Waals surface area (Å²) in [5.74, 6) is -0.0364. The van der Waals surface area contributed by atoms with Gasteiger partial charge in [-0.25, -0.2) is 0 Å². The van der Waals surface area contributed by atoms with Crippen LogP contribution in [-0.2, 0) is 19.1 Å². The number of amides is 2. The summed E-state index contributed by atoms with van der Waals surface area (Å²) < 4.78 is 10.7. The van der Waals surface area contributed by atoms with Gasteiger partial charge in [-0.2, -0.15) is 0 Å². The summed E-state index contributed by atoms with van der Waals surface area (Å²) >= 11 is 0. The van der Waals surface area contributed by atoms with Gasteiger partial charge in [0, 0.05) is 39.1 Å². The average molecular weight is 332 g/mol. The van der Waals surface area contributed by atoms with Crippen molar-refractivity contribution >= 4 is 11.8 Å². The summed E-state index contributed by atoms with van der Waals surface area (Å²) in [4.78, 5) is 22.7. The smallest absolute Gasteiger partial charge is 0.222 e. The fraction of sp³-hybridized carbons (Fsp3) is 0.867. The second-order valence-corrected chi connectivity index (χ2v) is 5.06. The van der Waals surface area contributed by atoms with E-state index in [0.717, 1.165) is 19.3 Å². The van der Waals surface area contributed by atoms with E-state index in [4.69, 9.17) is 20.9 Å². The van der Waals surface area contributed by atoms with E-state index in [-0.39, 0.29) is 11.8 Å². The highest BCUT2D eigenvalue weighted by molar-refractivity contribution is 5.76. The van der Waals surface area contributed by atoms with E-state index >= 15 is 0 Å². The summed E-state index contributed by atoms with van der Waals surface area (Å²) in [5.41, 5.74) is 10.7. The van der Waals surface area contributed by atoms with Crippen molar-refractivity contribution in [3.63, 3.8) is 0 Å². The molecule has 0 aliphatic heterocycles. The standard InChI is InChI=1S/C15H32N4O4/c16-6-1-8-18-14(20)4-12-22-10-3-11-23-13-5-15(21)19-9-2-7-17/h1-13,16-17H2,(H,18,20)(H,19,21). The molecule has 0 aromatic carbocycles. The number of carbonyl (C=O) groups excluding carboxylic acids is 2. The molecule has 0 heterocycles. The van der Waals surface area contributed by atoms with Crippen molar-refractivity contribution in [3.8, 4) is 0 Å². The van der Waals surface area contributed by atoms with Crippen LogP contribution in [0.2, 0.25) is 0 Å². The predicted octanol–water partition coefficient (Wildman–Crippen LogP) is -0.880. The number of hydrogen-bond acceptors (Lipinski definition) is 6. The zero-order chi connectivity index (χ0) is 17.2. The van der Waals surface area contributed by atoms with Crippen molar-refractivity contribution in [2.45, 2.75) is 32.1 Å². The normalized spacial score (nSPS) is 10.5. The van der Waals surface area contributed by atoms with Crippen molar-refractivity contribution in [2.24, 2.45) is 11.5 Å². The lowest BCUT2D eigenvalue weighted by Gasteiger charge is -2.07. The Kier molecular flexibility index (Phi) is 16.2. The molecule has 0 unspecified atom stereocenters. The molecule has 8 heteroatoms. The zero-order valence-corrected chi connectivity index (χ0v) is 14.0. The Morgan fingerprint density at radius 2 is 1.13 bits per heavy atom. The molecule has 0 bridgehead atoms. The monoisotopic (exact) mass is 332 g/mol. The third-order valence-corrected chi connectivity index (χ3v) is 2.93. The Morgan fingerprint density at radius 1 is 0.696 bits per heavy atom. The molecule has 136 valence electrons. The maximum atomic E-state index is 11.3. The van der Waals surface area contributed by atoms with Gasteiger partial charge < -0.3 is 31.6 Å². The highest BCUT2D eigenvalue weighted by atomic mass is 16.5. The molecular weight excluding hydrogens is 300 g/mol. The van der Waals surface area contributed by atoms with Crippen LogP contribution in [0.25, 0.3) is 0 Å². The maximum Gasteiger partial charge on any atom is 0.222 e. The van der Waals surface area contributed by atoms with E-state index in [1.54, 1.807) is 0 Å². The van der Waals surface area contributed by atoms with Crippen LogP contribution in [0.3, 0.4) is 0 Å². The quantitative estimate of drug-likeness (QED) is 0.272. The van der Waals surface area contributed by atoms with Crippen LogP contribution in [0.4, 0.5) is 0 Å². The molecule has 0 spiro atoms. The van der Waals surface area contributed by atoms with Crippen LogP contribution in [-0.4, -0.2) is 64.4 Å². The molecule has 2 amide bonds. The van der Waals surface area contributed by atoms with Gasteiger partial charge in [-0.3, -0.25) is 9.59 Å². The van der Waals surface area contributed by atoms with Gasteiger partial charge in [-0.15, -0.1) is 0 Å². The minimum atomic E-state index is -0.0182. The molecule has 0 aromatic heterocycles. The van der Waals surface area contributed by atoms with Gasteiger partial charge in [0.1, 0.15) is 0 Å². The summed E-state index contributed by atoms with van der Waals surface area (Å²) in [6, 6.07) is 0. The van der Waals surface area contributed by atoms with Crippen LogP contribution >= 0.6 is 0 Å². The number of ether oxygens (including phenoxy) is 2. The fourth-order valence-electron chi connectivity index (χ4n) is 1.63. The van der Waals surface area contributed by atoms with Crippen molar-refractivity contribution in [2.75, 3.05) is 52.6 Å². The van der Waals surface area contributed by atoms with Gasteiger partial charge in [-0.05, 0) is 32.4 Å². The third-order valence-electron chi connectivity index (χ3n) is 2.93. The second-order valence-electron chi connectivity index (χ2n) is 5.06. The second kappa shape index (κ2) is 17.1. The fourth-order valence-corrected chi connectivity index (χ4v) is 1.63. The average Bonchev–Trinajstić information content (AvgIpc) is 2.53. The highest BCUT2D eigenvalue weighted by Crippen LogP contribution is 1.90. The lowest BCUT2D eigenvalue weighted by atomic mass is 10.4. The largest absolute Gasteiger partial charge is 0.381 e. The molecule has 0 aliphatic carbocycles. The molecule has 0 saturated carbocycles. The molecule has 6 N–H and O–H groups in total. The number of carbonyl (C=O) groups is 2. The minimum Gasteiger partial charge on any atom is -0.381 e. The Morgan fingerprint density at radius 3 is 1.52 bits per heavy atom. The lowest BCUT2D eigenvalue weighted by Crippen LogP contribution is -2.27. The Balaban J connectivity index is 3.21. The van der Waals surface area contributed by atoms with Crippen LogP contribution in [0.1, 0.15) is 32.1 Å². The first-order valence-electron chi connectivity index (χ1n) is 8.29. The number of rotatable bonds is 16. The zero-order valence-electron chi connectivity index (χ0n) is 14.0. The molecule has 8 nitrogen and oxygen atoms in total. The molecule has 0 saturated heterocycles. The Hall–Kier alpha value is -1.22. The van der Waals surface area contributed by atoms with Crippen molar-refractivity contribution in [1.29, 1.82) is 0 Å². The van der Waals surface area contributed by atoms with Crippen molar-refractivity contribution in [1.82, 2.24) is 10.6 Å². The molecule has 0 atom stereocenters. The minimum absolute atomic E-state index is 0.0182. The van der Waals surface area contributed by atoms with Crippen LogP contribution in [0.5, 0.6) is 0 Å². The van der Waals surface area contributed by atoms with Gasteiger partial charge in [0.2, 0.25) is 11.8 Å². The van der Waals surface area contributed by atoms with Crippen molar-refractivity contribution in [3.05, 3.63) is 0 Å². The van der Waals surface area contributed by atoms with Gasteiger partial charge in [0.05, 0.1) is 13.2 Å². The number of nitrogens with one attached hydrogen (secondary N) is 2. The van der Waals surface area contributed by atoms with Crippen LogP contribution in [0.15, 0.2) is 0 Å². The van der Waals surface area contributed by atoms with Crippen molar-refractivity contribution < 1.29 is 19.1 Å². The molecule has 0 aliphatic rings. The van der Waals surface area contributed by atoms with Gasteiger partial charge in [0.25, 0.3) is 0 Å². The van der Waals surface area contributed by atoms with E-state index in [2.05, 4.69) is 10.6 Å². The summed E-state index contributed by atoms with van der Waals surface area (Å²) in [5, 5.41) is 5.53. The maximum absolute atomic E-state index is 11.3. The SMILES string of the molecule is NCCCNC(=O)CCOCCCOCCC(=O)NCCCN. The Bertz CT molecular complexity index is 275. The predicted molar refractivity (Wildman–Crippen MR) is 88.9 cm³/mol. The van der Waals surface area contributed by atoms with E-state index < -0.39 is 0 Å². The molecule has 0 radical (unpaired) electrons. The van der Waals surface area contributed by atoms with E-state index in [1.165, 1.54) is 0 Å². The summed E-state index contributed by atoms with van der Waals surface area (Å²) in [7, 11) is 0. The molecule has 0 aromatic rings. The first-order valence-corrected chi connectivity index (χ1v) is 8.29. The third kappa shape index (κ3) is 17.0.